The molecule has 0 aliphatic carbocycles. The Hall–Kier alpha value is -2.40. The first-order valence-corrected chi connectivity index (χ1v) is 6.22. The van der Waals surface area contributed by atoms with Gasteiger partial charge in [-0.3, -0.25) is 9.89 Å². The van der Waals surface area contributed by atoms with E-state index in [0.29, 0.717) is 16.1 Å². The fourth-order valence-electron chi connectivity index (χ4n) is 1.88. The van der Waals surface area contributed by atoms with Gasteiger partial charge >= 0.3 is 0 Å². The van der Waals surface area contributed by atoms with Crippen LogP contribution in [-0.4, -0.2) is 16.1 Å². The lowest BCUT2D eigenvalue weighted by Crippen LogP contribution is -2.12. The van der Waals surface area contributed by atoms with E-state index in [0.717, 1.165) is 5.52 Å². The lowest BCUT2D eigenvalue weighted by atomic mass is 10.2. The molecule has 20 heavy (non-hydrogen) atoms. The first kappa shape index (κ1) is 12.6. The Morgan fingerprint density at radius 1 is 1.20 bits per heavy atom. The van der Waals surface area contributed by atoms with Crippen LogP contribution >= 0.6 is 11.6 Å². The van der Waals surface area contributed by atoms with E-state index < -0.39 is 0 Å². The number of anilines is 1. The second-order valence-corrected chi connectivity index (χ2v) is 4.66. The zero-order valence-corrected chi connectivity index (χ0v) is 10.9. The van der Waals surface area contributed by atoms with Gasteiger partial charge in [0, 0.05) is 16.1 Å². The molecule has 0 aliphatic rings. The monoisotopic (exact) mass is 289 g/mol. The van der Waals surface area contributed by atoms with Gasteiger partial charge in [0.15, 0.2) is 5.69 Å². The summed E-state index contributed by atoms with van der Waals surface area (Å²) in [5.74, 6) is -0.745. The molecule has 0 unspecified atom stereocenters. The fraction of sp³-hybridized carbons (Fsp3) is 0. The van der Waals surface area contributed by atoms with Crippen molar-refractivity contribution in [3.05, 3.63) is 59.0 Å². The number of benzene rings is 2. The van der Waals surface area contributed by atoms with Crippen LogP contribution < -0.4 is 5.32 Å². The molecule has 0 aliphatic heterocycles. The largest absolute Gasteiger partial charge is 0.321 e. The molecule has 0 atom stereocenters. The predicted molar refractivity (Wildman–Crippen MR) is 75.5 cm³/mol. The molecule has 4 nitrogen and oxygen atoms in total. The number of aromatic amines is 1. The number of H-pyrrole nitrogens is 1. The number of rotatable bonds is 2. The Kier molecular flexibility index (Phi) is 3.12. The number of hydrogen-bond donors (Lipinski definition) is 2. The van der Waals surface area contributed by atoms with Crippen molar-refractivity contribution in [3.63, 3.8) is 0 Å². The van der Waals surface area contributed by atoms with Gasteiger partial charge in [0.25, 0.3) is 5.91 Å². The number of halogens is 2. The van der Waals surface area contributed by atoms with Gasteiger partial charge in [0.1, 0.15) is 5.82 Å². The Morgan fingerprint density at radius 2 is 1.95 bits per heavy atom. The molecule has 0 bridgehead atoms. The SMILES string of the molecule is O=C(Nc1ccc(F)cc1)c1n[nH]c2ccc(Cl)cc12. The number of nitrogens with zero attached hydrogens (tertiary/aromatic N) is 1. The number of carbonyl (C=O) groups is 1. The van der Waals surface area contributed by atoms with Crippen molar-refractivity contribution < 1.29 is 9.18 Å². The topological polar surface area (TPSA) is 57.8 Å². The highest BCUT2D eigenvalue weighted by Crippen LogP contribution is 2.21. The average Bonchev–Trinajstić information content (AvgIpc) is 2.84. The third-order valence-electron chi connectivity index (χ3n) is 2.84. The van der Waals surface area contributed by atoms with Crippen molar-refractivity contribution in [2.45, 2.75) is 0 Å². The van der Waals surface area contributed by atoms with E-state index in [4.69, 9.17) is 11.6 Å². The highest BCUT2D eigenvalue weighted by atomic mass is 35.5. The first-order valence-electron chi connectivity index (χ1n) is 5.84. The standard InChI is InChI=1S/C14H9ClFN3O/c15-8-1-6-12-11(7-8)13(19-18-12)14(20)17-10-4-2-9(16)3-5-10/h1-7H,(H,17,20)(H,18,19). The summed E-state index contributed by atoms with van der Waals surface area (Å²) < 4.78 is 12.8. The van der Waals surface area contributed by atoms with Gasteiger partial charge in [-0.15, -0.1) is 0 Å². The van der Waals surface area contributed by atoms with Gasteiger partial charge < -0.3 is 5.32 Å². The lowest BCUT2D eigenvalue weighted by molar-refractivity contribution is 0.102. The summed E-state index contributed by atoms with van der Waals surface area (Å²) in [6.45, 7) is 0. The third-order valence-corrected chi connectivity index (χ3v) is 3.08. The normalized spacial score (nSPS) is 10.7. The summed E-state index contributed by atoms with van der Waals surface area (Å²) in [5, 5.41) is 10.6. The highest BCUT2D eigenvalue weighted by molar-refractivity contribution is 6.31. The summed E-state index contributed by atoms with van der Waals surface area (Å²) in [4.78, 5) is 12.2. The van der Waals surface area contributed by atoms with Crippen LogP contribution in [0.15, 0.2) is 42.5 Å². The van der Waals surface area contributed by atoms with Crippen LogP contribution in [0.2, 0.25) is 5.02 Å². The zero-order valence-electron chi connectivity index (χ0n) is 10.2. The number of hydrogen-bond acceptors (Lipinski definition) is 2. The first-order chi connectivity index (χ1) is 9.63. The van der Waals surface area contributed by atoms with E-state index in [9.17, 15) is 9.18 Å². The molecule has 0 fully saturated rings. The van der Waals surface area contributed by atoms with E-state index >= 15 is 0 Å². The molecule has 1 heterocycles. The van der Waals surface area contributed by atoms with Crippen LogP contribution in [0, 0.1) is 5.82 Å². The number of carbonyl (C=O) groups excluding carboxylic acids is 1. The maximum Gasteiger partial charge on any atom is 0.276 e. The van der Waals surface area contributed by atoms with Crippen LogP contribution in [0.5, 0.6) is 0 Å². The molecule has 0 spiro atoms. The minimum atomic E-state index is -0.384. The third kappa shape index (κ3) is 2.35. The Labute approximate surface area is 118 Å². The predicted octanol–water partition coefficient (Wildman–Crippen LogP) is 3.61. The van der Waals surface area contributed by atoms with E-state index in [1.165, 1.54) is 24.3 Å². The van der Waals surface area contributed by atoms with Gasteiger partial charge in [0.2, 0.25) is 0 Å². The van der Waals surface area contributed by atoms with Crippen LogP contribution in [-0.2, 0) is 0 Å². The molecule has 3 aromatic rings. The van der Waals surface area contributed by atoms with Crippen LogP contribution in [0.4, 0.5) is 10.1 Å². The highest BCUT2D eigenvalue weighted by Gasteiger charge is 2.14. The molecule has 0 saturated carbocycles. The Balaban J connectivity index is 1.92. The zero-order chi connectivity index (χ0) is 14.1. The number of fused-ring (bicyclic) bond motifs is 1. The maximum absolute atomic E-state index is 12.8. The van der Waals surface area contributed by atoms with Crippen molar-refractivity contribution in [1.82, 2.24) is 10.2 Å². The van der Waals surface area contributed by atoms with Crippen molar-refractivity contribution in [2.75, 3.05) is 5.32 Å². The summed E-state index contributed by atoms with van der Waals surface area (Å²) in [7, 11) is 0. The smallest absolute Gasteiger partial charge is 0.276 e. The van der Waals surface area contributed by atoms with Crippen LogP contribution in [0.3, 0.4) is 0 Å². The lowest BCUT2D eigenvalue weighted by Gasteiger charge is -2.03. The van der Waals surface area contributed by atoms with Gasteiger partial charge in [-0.25, -0.2) is 4.39 Å². The number of nitrogens with one attached hydrogen (secondary N) is 2. The molecule has 1 amide bonds. The molecule has 1 aromatic heterocycles. The molecule has 0 saturated heterocycles. The Morgan fingerprint density at radius 3 is 2.70 bits per heavy atom. The number of aromatic nitrogens is 2. The maximum atomic E-state index is 12.8. The Bertz CT molecular complexity index is 783. The average molecular weight is 290 g/mol. The van der Waals surface area contributed by atoms with E-state index in [1.54, 1.807) is 18.2 Å². The molecule has 6 heteroatoms. The molecular weight excluding hydrogens is 281 g/mol. The summed E-state index contributed by atoms with van der Waals surface area (Å²) in [6, 6.07) is 10.6. The van der Waals surface area contributed by atoms with Gasteiger partial charge in [-0.2, -0.15) is 5.10 Å². The minimum absolute atomic E-state index is 0.242. The van der Waals surface area contributed by atoms with Crippen molar-refractivity contribution in [1.29, 1.82) is 0 Å². The van der Waals surface area contributed by atoms with Gasteiger partial charge in [-0.1, -0.05) is 11.6 Å². The van der Waals surface area contributed by atoms with Crippen molar-refractivity contribution >= 4 is 34.1 Å². The van der Waals surface area contributed by atoms with Gasteiger partial charge in [0.05, 0.1) is 5.52 Å². The van der Waals surface area contributed by atoms with Crippen molar-refractivity contribution in [3.8, 4) is 0 Å². The van der Waals surface area contributed by atoms with Crippen molar-refractivity contribution in [2.24, 2.45) is 0 Å². The number of amides is 1. The minimum Gasteiger partial charge on any atom is -0.321 e. The molecule has 2 N–H and O–H groups in total. The molecule has 100 valence electrons. The summed E-state index contributed by atoms with van der Waals surface area (Å²) in [5.41, 5.74) is 1.46. The fourth-order valence-corrected chi connectivity index (χ4v) is 2.05. The molecule has 2 aromatic carbocycles. The van der Waals surface area contributed by atoms with E-state index in [-0.39, 0.29) is 17.4 Å². The second kappa shape index (κ2) is 4.94. The van der Waals surface area contributed by atoms with E-state index in [2.05, 4.69) is 15.5 Å². The second-order valence-electron chi connectivity index (χ2n) is 4.22. The molecule has 0 radical (unpaired) electrons. The summed E-state index contributed by atoms with van der Waals surface area (Å²) in [6.07, 6.45) is 0. The molecular formula is C14H9ClFN3O. The quantitative estimate of drug-likeness (QED) is 0.757. The van der Waals surface area contributed by atoms with Crippen LogP contribution in [0.1, 0.15) is 10.5 Å². The van der Waals surface area contributed by atoms with Gasteiger partial charge in [-0.05, 0) is 42.5 Å². The van der Waals surface area contributed by atoms with E-state index in [1.807, 2.05) is 0 Å². The van der Waals surface area contributed by atoms with Crippen LogP contribution in [0.25, 0.3) is 10.9 Å². The molecule has 3 rings (SSSR count). The summed E-state index contributed by atoms with van der Waals surface area (Å²) >= 11 is 5.91.